The second kappa shape index (κ2) is 8.98. The van der Waals surface area contributed by atoms with Crippen LogP contribution in [0.4, 0.5) is 5.69 Å². The number of rotatable bonds is 6. The van der Waals surface area contributed by atoms with E-state index >= 15 is 0 Å². The molecule has 8 heteroatoms. The molecule has 0 bridgehead atoms. The van der Waals surface area contributed by atoms with Gasteiger partial charge in [0.05, 0.1) is 18.2 Å². The van der Waals surface area contributed by atoms with Gasteiger partial charge in [-0.15, -0.1) is 0 Å². The maximum absolute atomic E-state index is 12.5. The number of amides is 1. The largest absolute Gasteiger partial charge is 0.271 e. The van der Waals surface area contributed by atoms with Crippen LogP contribution in [-0.2, 0) is 14.8 Å². The Kier molecular flexibility index (Phi) is 6.12. The molecule has 0 unspecified atom stereocenters. The van der Waals surface area contributed by atoms with Crippen LogP contribution >= 0.6 is 11.6 Å². The summed E-state index contributed by atoms with van der Waals surface area (Å²) in [6.07, 6.45) is 2.63. The average Bonchev–Trinajstić information content (AvgIpc) is 2.77. The van der Waals surface area contributed by atoms with Crippen molar-refractivity contribution in [3.05, 3.63) is 89.4 Å². The molecule has 0 radical (unpaired) electrons. The van der Waals surface area contributed by atoms with Crippen LogP contribution in [0.3, 0.4) is 0 Å². The number of anilines is 1. The Labute approximate surface area is 191 Å². The highest BCUT2D eigenvalue weighted by Crippen LogP contribution is 2.27. The fraction of sp³-hybridized carbons (Fsp3) is 0.0833. The number of hydrazone groups is 1. The van der Waals surface area contributed by atoms with Crippen molar-refractivity contribution >= 4 is 61.0 Å². The quantitative estimate of drug-likeness (QED) is 0.257. The molecule has 0 aliphatic heterocycles. The van der Waals surface area contributed by atoms with Crippen molar-refractivity contribution in [1.82, 2.24) is 5.43 Å². The van der Waals surface area contributed by atoms with Gasteiger partial charge in [0.15, 0.2) is 0 Å². The average molecular weight is 466 g/mol. The van der Waals surface area contributed by atoms with E-state index in [2.05, 4.69) is 16.6 Å². The molecule has 4 aromatic carbocycles. The Hall–Kier alpha value is -3.42. The lowest BCUT2D eigenvalue weighted by atomic mass is 9.97. The van der Waals surface area contributed by atoms with Crippen molar-refractivity contribution in [3.8, 4) is 0 Å². The third-order valence-corrected chi connectivity index (χ3v) is 6.39. The van der Waals surface area contributed by atoms with E-state index < -0.39 is 22.5 Å². The van der Waals surface area contributed by atoms with E-state index in [0.717, 1.165) is 37.7 Å². The van der Waals surface area contributed by atoms with Crippen molar-refractivity contribution in [1.29, 1.82) is 0 Å². The Balaban J connectivity index is 1.59. The predicted molar refractivity (Wildman–Crippen MR) is 131 cm³/mol. The Morgan fingerprint density at radius 1 is 0.969 bits per heavy atom. The van der Waals surface area contributed by atoms with Crippen LogP contribution in [0, 0.1) is 0 Å². The summed E-state index contributed by atoms with van der Waals surface area (Å²) in [5.74, 6) is -0.564. The van der Waals surface area contributed by atoms with E-state index in [0.29, 0.717) is 10.7 Å². The number of halogens is 1. The molecule has 1 N–H and O–H groups in total. The van der Waals surface area contributed by atoms with Crippen molar-refractivity contribution in [2.24, 2.45) is 5.10 Å². The maximum atomic E-state index is 12.5. The van der Waals surface area contributed by atoms with Gasteiger partial charge in [0.25, 0.3) is 5.91 Å². The van der Waals surface area contributed by atoms with Gasteiger partial charge in [0.2, 0.25) is 10.0 Å². The molecule has 0 aliphatic rings. The number of benzene rings is 4. The van der Waals surface area contributed by atoms with E-state index in [9.17, 15) is 13.2 Å². The van der Waals surface area contributed by atoms with Crippen molar-refractivity contribution in [3.63, 3.8) is 0 Å². The lowest BCUT2D eigenvalue weighted by Gasteiger charge is -2.21. The van der Waals surface area contributed by atoms with Crippen molar-refractivity contribution in [2.75, 3.05) is 17.1 Å². The van der Waals surface area contributed by atoms with Crippen LogP contribution in [-0.4, -0.2) is 33.3 Å². The summed E-state index contributed by atoms with van der Waals surface area (Å²) in [6, 6.07) is 24.2. The first-order valence-electron chi connectivity index (χ1n) is 9.78. The standard InChI is InChI=1S/C24H20ClN3O3S/c1-32(30,31)28(20-12-10-19(25)11-13-20)16-24(29)27-26-15-23-21-8-4-2-6-17(21)14-18-7-3-5-9-22(18)23/h2-15H,16H2,1H3,(H,27,29)/b26-15-. The Morgan fingerprint density at radius 3 is 2.09 bits per heavy atom. The minimum Gasteiger partial charge on any atom is -0.271 e. The first-order chi connectivity index (χ1) is 15.3. The van der Waals surface area contributed by atoms with Gasteiger partial charge in [-0.3, -0.25) is 9.10 Å². The smallest absolute Gasteiger partial charge is 0.260 e. The van der Waals surface area contributed by atoms with Crippen LogP contribution in [0.5, 0.6) is 0 Å². The third kappa shape index (κ3) is 4.74. The van der Waals surface area contributed by atoms with E-state index in [1.54, 1.807) is 30.5 Å². The number of nitrogens with one attached hydrogen (secondary N) is 1. The van der Waals surface area contributed by atoms with E-state index in [4.69, 9.17) is 11.6 Å². The van der Waals surface area contributed by atoms with Gasteiger partial charge in [0.1, 0.15) is 6.54 Å². The molecule has 162 valence electrons. The highest BCUT2D eigenvalue weighted by Gasteiger charge is 2.20. The lowest BCUT2D eigenvalue weighted by Crippen LogP contribution is -2.39. The zero-order valence-electron chi connectivity index (χ0n) is 17.2. The van der Waals surface area contributed by atoms with Crippen molar-refractivity contribution in [2.45, 2.75) is 0 Å². The summed E-state index contributed by atoms with van der Waals surface area (Å²) in [4.78, 5) is 12.5. The molecule has 4 rings (SSSR count). The fourth-order valence-corrected chi connectivity index (χ4v) is 4.51. The molecule has 0 atom stereocenters. The molecule has 6 nitrogen and oxygen atoms in total. The first kappa shape index (κ1) is 21.8. The number of sulfonamides is 1. The van der Waals surface area contributed by atoms with Gasteiger partial charge < -0.3 is 0 Å². The monoisotopic (exact) mass is 465 g/mol. The molecule has 0 spiro atoms. The van der Waals surface area contributed by atoms with Crippen LogP contribution < -0.4 is 9.73 Å². The highest BCUT2D eigenvalue weighted by atomic mass is 35.5. The zero-order valence-corrected chi connectivity index (χ0v) is 18.8. The number of hydrogen-bond donors (Lipinski definition) is 1. The second-order valence-corrected chi connectivity index (χ2v) is 9.61. The summed E-state index contributed by atoms with van der Waals surface area (Å²) < 4.78 is 25.4. The number of nitrogens with zero attached hydrogens (tertiary/aromatic N) is 2. The summed E-state index contributed by atoms with van der Waals surface area (Å²) >= 11 is 5.88. The Bertz CT molecular complexity index is 1380. The molecular formula is C24H20ClN3O3S. The SMILES string of the molecule is CS(=O)(=O)N(CC(=O)N/N=C\c1c2ccccc2cc2ccccc12)c1ccc(Cl)cc1. The maximum Gasteiger partial charge on any atom is 0.260 e. The molecule has 0 aromatic heterocycles. The van der Waals surface area contributed by atoms with Crippen molar-refractivity contribution < 1.29 is 13.2 Å². The number of carbonyl (C=O) groups is 1. The highest BCUT2D eigenvalue weighted by molar-refractivity contribution is 7.92. The van der Waals surface area contributed by atoms with E-state index in [-0.39, 0.29) is 0 Å². The van der Waals surface area contributed by atoms with Gasteiger partial charge in [-0.05, 0) is 51.9 Å². The van der Waals surface area contributed by atoms with Crippen LogP contribution in [0.1, 0.15) is 5.56 Å². The van der Waals surface area contributed by atoms with Crippen LogP contribution in [0.15, 0.2) is 84.0 Å². The summed E-state index contributed by atoms with van der Waals surface area (Å²) in [7, 11) is -3.68. The molecule has 0 heterocycles. The molecular weight excluding hydrogens is 446 g/mol. The minimum absolute atomic E-state index is 0.344. The van der Waals surface area contributed by atoms with Gasteiger partial charge in [0, 0.05) is 10.6 Å². The fourth-order valence-electron chi connectivity index (χ4n) is 3.53. The second-order valence-electron chi connectivity index (χ2n) is 7.27. The molecule has 4 aromatic rings. The summed E-state index contributed by atoms with van der Waals surface area (Å²) in [6.45, 7) is -0.409. The number of hydrogen-bond acceptors (Lipinski definition) is 4. The predicted octanol–water partition coefficient (Wildman–Crippen LogP) is 4.56. The number of carbonyl (C=O) groups excluding carboxylic acids is 1. The zero-order chi connectivity index (χ0) is 22.7. The Morgan fingerprint density at radius 2 is 1.53 bits per heavy atom. The van der Waals surface area contributed by atoms with Gasteiger partial charge in [-0.25, -0.2) is 13.8 Å². The van der Waals surface area contributed by atoms with Crippen LogP contribution in [0.25, 0.3) is 21.5 Å². The normalized spacial score (nSPS) is 11.8. The van der Waals surface area contributed by atoms with Gasteiger partial charge in [-0.1, -0.05) is 60.1 Å². The van der Waals surface area contributed by atoms with Gasteiger partial charge >= 0.3 is 0 Å². The topological polar surface area (TPSA) is 78.8 Å². The molecule has 32 heavy (non-hydrogen) atoms. The lowest BCUT2D eigenvalue weighted by molar-refractivity contribution is -0.119. The number of fused-ring (bicyclic) bond motifs is 2. The molecule has 0 saturated heterocycles. The molecule has 0 fully saturated rings. The summed E-state index contributed by atoms with van der Waals surface area (Å²) in [5, 5.41) is 8.71. The molecule has 0 saturated carbocycles. The summed E-state index contributed by atoms with van der Waals surface area (Å²) in [5.41, 5.74) is 3.66. The third-order valence-electron chi connectivity index (χ3n) is 5.00. The van der Waals surface area contributed by atoms with E-state index in [1.165, 1.54) is 0 Å². The minimum atomic E-state index is -3.68. The first-order valence-corrected chi connectivity index (χ1v) is 12.0. The van der Waals surface area contributed by atoms with E-state index in [1.807, 2.05) is 48.5 Å². The van der Waals surface area contributed by atoms with Gasteiger partial charge in [-0.2, -0.15) is 5.10 Å². The molecule has 1 amide bonds. The van der Waals surface area contributed by atoms with Crippen LogP contribution in [0.2, 0.25) is 5.02 Å². The molecule has 0 aliphatic carbocycles.